The smallest absolute Gasteiger partial charge is 0.262 e. The zero-order chi connectivity index (χ0) is 30.8. The van der Waals surface area contributed by atoms with E-state index in [1.165, 1.54) is 11.9 Å². The highest BCUT2D eigenvalue weighted by molar-refractivity contribution is 7.18. The Labute approximate surface area is 261 Å². The molecule has 0 bridgehead atoms. The number of aryl methyl sites for hydroxylation is 3. The number of amides is 1. The van der Waals surface area contributed by atoms with E-state index in [0.717, 1.165) is 63.9 Å². The molecule has 1 saturated heterocycles. The molecule has 1 amide bonds. The monoisotopic (exact) mass is 607 g/mol. The molecule has 226 valence electrons. The van der Waals surface area contributed by atoms with Crippen LogP contribution in [0.25, 0.3) is 10.2 Å². The van der Waals surface area contributed by atoms with Gasteiger partial charge in [-0.1, -0.05) is 18.2 Å². The Morgan fingerprint density at radius 3 is 2.36 bits per heavy atom. The quantitative estimate of drug-likeness (QED) is 0.189. The number of para-hydroxylation sites is 1. The number of thiazole rings is 1. The van der Waals surface area contributed by atoms with Crippen molar-refractivity contribution in [3.63, 3.8) is 0 Å². The number of benzene rings is 3. The molecule has 0 spiro atoms. The first kappa shape index (κ1) is 29.5. The molecule has 0 unspecified atom stereocenters. The third kappa shape index (κ3) is 6.51. The summed E-state index contributed by atoms with van der Waals surface area (Å²) in [6.07, 6.45) is 1.50. The van der Waals surface area contributed by atoms with Crippen LogP contribution in [0.4, 0.5) is 23.0 Å². The van der Waals surface area contributed by atoms with Crippen LogP contribution in [0.3, 0.4) is 0 Å². The van der Waals surface area contributed by atoms with Gasteiger partial charge < -0.3 is 20.3 Å². The van der Waals surface area contributed by atoms with Crippen molar-refractivity contribution in [2.45, 2.75) is 40.7 Å². The van der Waals surface area contributed by atoms with E-state index >= 15 is 0 Å². The Balaban J connectivity index is 1.25. The average molecular weight is 608 g/mol. The molecule has 2 aromatic heterocycles. The molecular formula is C34H37N7O2S. The lowest BCUT2D eigenvalue weighted by atomic mass is 10.1. The van der Waals surface area contributed by atoms with Crippen molar-refractivity contribution in [3.8, 4) is 11.6 Å². The van der Waals surface area contributed by atoms with Crippen LogP contribution in [0.5, 0.6) is 11.6 Å². The van der Waals surface area contributed by atoms with Gasteiger partial charge in [-0.05, 0) is 82.1 Å². The fourth-order valence-corrected chi connectivity index (χ4v) is 6.24. The maximum Gasteiger partial charge on any atom is 0.262 e. The number of ether oxygens (including phenoxy) is 1. The molecule has 0 radical (unpaired) electrons. The number of carbonyl (C=O) groups excluding carboxylic acids is 1. The van der Waals surface area contributed by atoms with Gasteiger partial charge in [0.15, 0.2) is 0 Å². The van der Waals surface area contributed by atoms with Crippen molar-refractivity contribution in [1.29, 1.82) is 0 Å². The second-order valence-corrected chi connectivity index (χ2v) is 12.6. The number of nitrogens with zero attached hydrogens (tertiary/aromatic N) is 5. The second-order valence-electron chi connectivity index (χ2n) is 11.4. The molecule has 0 atom stereocenters. The summed E-state index contributed by atoms with van der Waals surface area (Å²) in [7, 11) is 0. The van der Waals surface area contributed by atoms with Crippen molar-refractivity contribution >= 4 is 50.5 Å². The molecule has 1 aliphatic heterocycles. The van der Waals surface area contributed by atoms with Crippen molar-refractivity contribution in [3.05, 3.63) is 88.6 Å². The molecule has 1 fully saturated rings. The predicted octanol–water partition coefficient (Wildman–Crippen LogP) is 7.33. The molecule has 5 aromatic rings. The zero-order valence-corrected chi connectivity index (χ0v) is 26.5. The number of aromatic nitrogens is 3. The van der Waals surface area contributed by atoms with Crippen LogP contribution in [0.2, 0.25) is 0 Å². The van der Waals surface area contributed by atoms with Gasteiger partial charge in [-0.2, -0.15) is 4.98 Å². The maximum absolute atomic E-state index is 13.6. The summed E-state index contributed by atoms with van der Waals surface area (Å²) in [5, 5.41) is 7.28. The van der Waals surface area contributed by atoms with Gasteiger partial charge in [-0.3, -0.25) is 9.69 Å². The lowest BCUT2D eigenvalue weighted by Crippen LogP contribution is -2.48. The van der Waals surface area contributed by atoms with E-state index in [1.807, 2.05) is 69.3 Å². The molecule has 0 aliphatic carbocycles. The molecular weight excluding hydrogens is 570 g/mol. The third-order valence-electron chi connectivity index (χ3n) is 7.93. The SMILES string of the molecule is Cc1nc2cc(Oc3nc(Nc4ccc(N5CCN(C(C)C)CC5)cc4)ncc3C(=O)Nc3c(C)cccc3C)ccc2s1. The minimum absolute atomic E-state index is 0.150. The Morgan fingerprint density at radius 1 is 0.932 bits per heavy atom. The first-order valence-electron chi connectivity index (χ1n) is 14.9. The van der Waals surface area contributed by atoms with Gasteiger partial charge in [-0.25, -0.2) is 9.97 Å². The van der Waals surface area contributed by atoms with Gasteiger partial charge in [0.2, 0.25) is 11.8 Å². The first-order chi connectivity index (χ1) is 21.2. The number of piperazine rings is 1. The fraction of sp³-hybridized carbons (Fsp3) is 0.294. The van der Waals surface area contributed by atoms with Crippen LogP contribution in [0.1, 0.15) is 40.3 Å². The summed E-state index contributed by atoms with van der Waals surface area (Å²) in [6.45, 7) is 14.5. The molecule has 1 aliphatic rings. The van der Waals surface area contributed by atoms with Gasteiger partial charge in [0, 0.05) is 61.5 Å². The van der Waals surface area contributed by atoms with E-state index in [0.29, 0.717) is 17.7 Å². The Morgan fingerprint density at radius 2 is 1.66 bits per heavy atom. The maximum atomic E-state index is 13.6. The van der Waals surface area contributed by atoms with Crippen molar-refractivity contribution < 1.29 is 9.53 Å². The minimum Gasteiger partial charge on any atom is -0.438 e. The van der Waals surface area contributed by atoms with Crippen LogP contribution in [-0.2, 0) is 0 Å². The number of hydrogen-bond donors (Lipinski definition) is 2. The predicted molar refractivity (Wildman–Crippen MR) is 179 cm³/mol. The van der Waals surface area contributed by atoms with Crippen LogP contribution < -0.4 is 20.3 Å². The molecule has 44 heavy (non-hydrogen) atoms. The highest BCUT2D eigenvalue weighted by atomic mass is 32.1. The van der Waals surface area contributed by atoms with Gasteiger partial charge in [0.25, 0.3) is 5.91 Å². The van der Waals surface area contributed by atoms with Crippen molar-refractivity contribution in [1.82, 2.24) is 19.9 Å². The number of nitrogens with one attached hydrogen (secondary N) is 2. The van der Waals surface area contributed by atoms with E-state index in [1.54, 1.807) is 11.3 Å². The summed E-state index contributed by atoms with van der Waals surface area (Å²) in [6, 6.07) is 20.4. The summed E-state index contributed by atoms with van der Waals surface area (Å²) >= 11 is 1.62. The summed E-state index contributed by atoms with van der Waals surface area (Å²) in [5.74, 6) is 0.664. The molecule has 3 heterocycles. The van der Waals surface area contributed by atoms with Crippen molar-refractivity contribution in [2.24, 2.45) is 0 Å². The molecule has 0 saturated carbocycles. The first-order valence-corrected chi connectivity index (χ1v) is 15.7. The Kier molecular flexibility index (Phi) is 8.45. The molecule has 6 rings (SSSR count). The topological polar surface area (TPSA) is 95.5 Å². The number of fused-ring (bicyclic) bond motifs is 1. The summed E-state index contributed by atoms with van der Waals surface area (Å²) in [4.78, 5) is 32.2. The van der Waals surface area contributed by atoms with Crippen LogP contribution >= 0.6 is 11.3 Å². The van der Waals surface area contributed by atoms with E-state index in [4.69, 9.17) is 4.74 Å². The zero-order valence-electron chi connectivity index (χ0n) is 25.7. The van der Waals surface area contributed by atoms with Crippen LogP contribution in [-0.4, -0.2) is 58.0 Å². The standard InChI is InChI=1S/C34H37N7O2S/c1-21(2)40-15-17-41(18-16-40)26-11-9-25(10-12-26)37-34-35-20-28(32(42)38-31-22(3)7-6-8-23(31)4)33(39-34)43-27-13-14-30-29(19-27)36-24(5)44-30/h6-14,19-21H,15-18H2,1-5H3,(H,38,42)(H,35,37,39). The highest BCUT2D eigenvalue weighted by Gasteiger charge is 2.21. The van der Waals surface area contributed by atoms with Gasteiger partial charge >= 0.3 is 0 Å². The lowest BCUT2D eigenvalue weighted by Gasteiger charge is -2.38. The molecule has 3 aromatic carbocycles. The van der Waals surface area contributed by atoms with E-state index < -0.39 is 0 Å². The molecule has 10 heteroatoms. The van der Waals surface area contributed by atoms with Crippen molar-refractivity contribution in [2.75, 3.05) is 41.7 Å². The second kappa shape index (κ2) is 12.6. The van der Waals surface area contributed by atoms with E-state index in [2.05, 4.69) is 61.4 Å². The summed E-state index contributed by atoms with van der Waals surface area (Å²) < 4.78 is 7.32. The van der Waals surface area contributed by atoms with Crippen LogP contribution in [0.15, 0.2) is 66.9 Å². The molecule has 2 N–H and O–H groups in total. The fourth-order valence-electron chi connectivity index (χ4n) is 5.43. The minimum atomic E-state index is -0.351. The summed E-state index contributed by atoms with van der Waals surface area (Å²) in [5.41, 5.74) is 5.79. The Hall–Kier alpha value is -4.54. The average Bonchev–Trinajstić information content (AvgIpc) is 3.39. The number of rotatable bonds is 8. The van der Waals surface area contributed by atoms with Crippen LogP contribution in [0, 0.1) is 20.8 Å². The normalized spacial score (nSPS) is 13.8. The van der Waals surface area contributed by atoms with E-state index in [9.17, 15) is 4.79 Å². The number of anilines is 4. The number of carbonyl (C=O) groups is 1. The largest absolute Gasteiger partial charge is 0.438 e. The van der Waals surface area contributed by atoms with Gasteiger partial charge in [0.1, 0.15) is 11.3 Å². The Bertz CT molecular complexity index is 1770. The molecule has 9 nitrogen and oxygen atoms in total. The third-order valence-corrected chi connectivity index (χ3v) is 8.88. The van der Waals surface area contributed by atoms with Gasteiger partial charge in [-0.15, -0.1) is 11.3 Å². The lowest BCUT2D eigenvalue weighted by molar-refractivity contribution is 0.102. The van der Waals surface area contributed by atoms with E-state index in [-0.39, 0.29) is 17.4 Å². The highest BCUT2D eigenvalue weighted by Crippen LogP contribution is 2.31. The number of hydrogen-bond acceptors (Lipinski definition) is 9. The van der Waals surface area contributed by atoms with Gasteiger partial charge in [0.05, 0.1) is 15.2 Å².